The Bertz CT molecular complexity index is 1420. The Morgan fingerprint density at radius 3 is 2.59 bits per heavy atom. The van der Waals surface area contributed by atoms with Gasteiger partial charge in [0, 0.05) is 17.6 Å². The third-order valence-electron chi connectivity index (χ3n) is 5.53. The summed E-state index contributed by atoms with van der Waals surface area (Å²) in [5, 5.41) is 0. The summed E-state index contributed by atoms with van der Waals surface area (Å²) < 4.78 is 36.3. The van der Waals surface area contributed by atoms with Crippen LogP contribution in [0, 0.1) is 5.92 Å². The van der Waals surface area contributed by atoms with Gasteiger partial charge in [-0.1, -0.05) is 29.3 Å². The SMILES string of the molecule is CCCCn1c(=O)c2c(nc(N)n2S(=O)(=O)c2cc(Br)ccc2OC)n(CC2CC2)c1=O. The second-order valence-corrected chi connectivity index (χ2v) is 10.5. The van der Waals surface area contributed by atoms with Crippen molar-refractivity contribution in [2.45, 2.75) is 50.6 Å². The van der Waals surface area contributed by atoms with Crippen LogP contribution in [0.2, 0.25) is 0 Å². The van der Waals surface area contributed by atoms with Crippen LogP contribution in [0.4, 0.5) is 5.95 Å². The predicted molar refractivity (Wildman–Crippen MR) is 124 cm³/mol. The van der Waals surface area contributed by atoms with Gasteiger partial charge >= 0.3 is 5.69 Å². The first kappa shape index (κ1) is 22.6. The van der Waals surface area contributed by atoms with Crippen LogP contribution in [0.25, 0.3) is 11.2 Å². The zero-order valence-corrected chi connectivity index (χ0v) is 20.1. The first-order valence-corrected chi connectivity index (χ1v) is 12.5. The van der Waals surface area contributed by atoms with Gasteiger partial charge in [0.2, 0.25) is 5.95 Å². The largest absolute Gasteiger partial charge is 0.495 e. The van der Waals surface area contributed by atoms with E-state index >= 15 is 0 Å². The van der Waals surface area contributed by atoms with Crippen molar-refractivity contribution in [1.82, 2.24) is 18.1 Å². The molecule has 0 atom stereocenters. The maximum Gasteiger partial charge on any atom is 0.332 e. The van der Waals surface area contributed by atoms with Crippen molar-refractivity contribution in [3.05, 3.63) is 43.5 Å². The Balaban J connectivity index is 2.07. The molecule has 4 rings (SSSR count). The van der Waals surface area contributed by atoms with Crippen molar-refractivity contribution < 1.29 is 13.2 Å². The van der Waals surface area contributed by atoms with Gasteiger partial charge < -0.3 is 10.5 Å². The Morgan fingerprint density at radius 1 is 1.25 bits per heavy atom. The van der Waals surface area contributed by atoms with Crippen molar-refractivity contribution in [1.29, 1.82) is 0 Å². The Hall–Kier alpha value is -2.60. The molecule has 0 saturated heterocycles. The molecule has 0 unspecified atom stereocenters. The van der Waals surface area contributed by atoms with Crippen LogP contribution in [0.15, 0.2) is 37.2 Å². The van der Waals surface area contributed by atoms with Crippen LogP contribution >= 0.6 is 15.9 Å². The molecule has 1 saturated carbocycles. The lowest BCUT2D eigenvalue weighted by atomic mass is 10.3. The Labute approximate surface area is 192 Å². The summed E-state index contributed by atoms with van der Waals surface area (Å²) in [6, 6.07) is 4.50. The normalized spacial score (nSPS) is 14.2. The molecule has 2 heterocycles. The molecule has 1 fully saturated rings. The van der Waals surface area contributed by atoms with Gasteiger partial charge in [0.1, 0.15) is 10.6 Å². The molecular weight excluding hydrogens is 502 g/mol. The summed E-state index contributed by atoms with van der Waals surface area (Å²) in [4.78, 5) is 30.5. The number of anilines is 1. The maximum absolute atomic E-state index is 13.7. The van der Waals surface area contributed by atoms with Gasteiger partial charge in [0.15, 0.2) is 11.2 Å². The summed E-state index contributed by atoms with van der Waals surface area (Å²) in [5.74, 6) is -0.00967. The second kappa shape index (κ2) is 8.39. The Morgan fingerprint density at radius 2 is 1.97 bits per heavy atom. The number of methoxy groups -OCH3 is 1. The second-order valence-electron chi connectivity index (χ2n) is 7.85. The lowest BCUT2D eigenvalue weighted by molar-refractivity contribution is 0.402. The molecule has 32 heavy (non-hydrogen) atoms. The number of nitrogen functional groups attached to an aromatic ring is 1. The van der Waals surface area contributed by atoms with Crippen molar-refractivity contribution >= 4 is 43.1 Å². The van der Waals surface area contributed by atoms with Crippen LogP contribution in [-0.4, -0.2) is 33.6 Å². The van der Waals surface area contributed by atoms with Crippen molar-refractivity contribution in [3.8, 4) is 5.75 Å². The topological polar surface area (TPSA) is 131 Å². The highest BCUT2D eigenvalue weighted by molar-refractivity contribution is 9.10. The van der Waals surface area contributed by atoms with Crippen molar-refractivity contribution in [3.63, 3.8) is 0 Å². The summed E-state index contributed by atoms with van der Waals surface area (Å²) in [6.45, 7) is 2.48. The van der Waals surface area contributed by atoms with Crippen LogP contribution in [0.1, 0.15) is 32.6 Å². The van der Waals surface area contributed by atoms with E-state index < -0.39 is 27.2 Å². The van der Waals surface area contributed by atoms with Gasteiger partial charge in [-0.05, 0) is 43.4 Å². The molecule has 12 heteroatoms. The molecule has 0 bridgehead atoms. The third-order valence-corrected chi connectivity index (χ3v) is 7.74. The van der Waals surface area contributed by atoms with Crippen molar-refractivity contribution in [2.75, 3.05) is 12.8 Å². The zero-order valence-electron chi connectivity index (χ0n) is 17.7. The van der Waals surface area contributed by atoms with Gasteiger partial charge in [-0.25, -0.2) is 13.2 Å². The first-order chi connectivity index (χ1) is 15.2. The third kappa shape index (κ3) is 3.75. The van der Waals surface area contributed by atoms with Gasteiger partial charge in [-0.2, -0.15) is 8.96 Å². The van der Waals surface area contributed by atoms with Crippen LogP contribution < -0.4 is 21.7 Å². The van der Waals surface area contributed by atoms with Crippen molar-refractivity contribution in [2.24, 2.45) is 5.92 Å². The van der Waals surface area contributed by atoms with E-state index in [9.17, 15) is 18.0 Å². The number of hydrogen-bond donors (Lipinski definition) is 1. The number of nitrogens with two attached hydrogens (primary N) is 1. The lowest BCUT2D eigenvalue weighted by Gasteiger charge is -2.14. The van der Waals surface area contributed by atoms with E-state index in [0.29, 0.717) is 23.4 Å². The number of aromatic nitrogens is 4. The molecule has 1 aliphatic rings. The fourth-order valence-electron chi connectivity index (χ4n) is 3.66. The van der Waals surface area contributed by atoms with E-state index in [2.05, 4.69) is 20.9 Å². The van der Waals surface area contributed by atoms with Gasteiger partial charge in [0.25, 0.3) is 15.6 Å². The first-order valence-electron chi connectivity index (χ1n) is 10.3. The fourth-order valence-corrected chi connectivity index (χ4v) is 5.74. The van der Waals surface area contributed by atoms with E-state index in [0.717, 1.165) is 27.8 Å². The number of ether oxygens (including phenoxy) is 1. The molecular formula is C20H24BrN5O5S. The number of rotatable bonds is 8. The minimum Gasteiger partial charge on any atom is -0.495 e. The van der Waals surface area contributed by atoms with Crippen LogP contribution in [0.5, 0.6) is 5.75 Å². The molecule has 3 aromatic rings. The number of nitrogens with zero attached hydrogens (tertiary/aromatic N) is 4. The standard InChI is InChI=1S/C20H24BrN5O5S/c1-3-4-9-24-18(27)16-17(25(20(24)28)11-12-5-6-12)23-19(22)26(16)32(29,30)15-10-13(21)7-8-14(15)31-2/h7-8,10,12H,3-6,9,11H2,1-2H3,(H2,22,23). The van der Waals surface area contributed by atoms with Crippen LogP contribution in [-0.2, 0) is 23.1 Å². The average molecular weight is 526 g/mol. The number of benzene rings is 1. The van der Waals surface area contributed by atoms with E-state index in [1.54, 1.807) is 6.07 Å². The molecule has 0 amide bonds. The van der Waals surface area contributed by atoms with E-state index in [1.807, 2.05) is 6.92 Å². The minimum atomic E-state index is -4.37. The molecule has 10 nitrogen and oxygen atoms in total. The average Bonchev–Trinajstić information content (AvgIpc) is 3.50. The molecule has 0 radical (unpaired) electrons. The number of unbranched alkanes of at least 4 members (excludes halogenated alkanes) is 1. The van der Waals surface area contributed by atoms with Gasteiger partial charge in [0.05, 0.1) is 7.11 Å². The quantitative estimate of drug-likeness (QED) is 0.476. The van der Waals surface area contributed by atoms with Crippen LogP contribution in [0.3, 0.4) is 0 Å². The summed E-state index contributed by atoms with van der Waals surface area (Å²) in [5.41, 5.74) is 4.57. The van der Waals surface area contributed by atoms with E-state index in [-0.39, 0.29) is 28.4 Å². The number of fused-ring (bicyclic) bond motifs is 1. The zero-order chi connectivity index (χ0) is 23.2. The summed E-state index contributed by atoms with van der Waals surface area (Å²) in [7, 11) is -3.03. The van der Waals surface area contributed by atoms with E-state index in [1.165, 1.54) is 23.8 Å². The molecule has 1 aromatic carbocycles. The van der Waals surface area contributed by atoms with Gasteiger partial charge in [-0.3, -0.25) is 13.9 Å². The monoisotopic (exact) mass is 525 g/mol. The molecule has 1 aliphatic carbocycles. The molecule has 0 spiro atoms. The smallest absolute Gasteiger partial charge is 0.332 e. The number of hydrogen-bond acceptors (Lipinski definition) is 7. The maximum atomic E-state index is 13.7. The highest BCUT2D eigenvalue weighted by Gasteiger charge is 2.32. The van der Waals surface area contributed by atoms with E-state index in [4.69, 9.17) is 10.5 Å². The molecule has 2 N–H and O–H groups in total. The summed E-state index contributed by atoms with van der Waals surface area (Å²) in [6.07, 6.45) is 3.29. The predicted octanol–water partition coefficient (Wildman–Crippen LogP) is 2.16. The molecule has 172 valence electrons. The minimum absolute atomic E-state index is 0.0188. The molecule has 0 aliphatic heterocycles. The van der Waals surface area contributed by atoms with Gasteiger partial charge in [-0.15, -0.1) is 0 Å². The molecule has 2 aromatic heterocycles. The Kier molecular flexibility index (Phi) is 5.93. The lowest BCUT2D eigenvalue weighted by Crippen LogP contribution is -2.41. The highest BCUT2D eigenvalue weighted by atomic mass is 79.9. The summed E-state index contributed by atoms with van der Waals surface area (Å²) >= 11 is 3.27. The highest BCUT2D eigenvalue weighted by Crippen LogP contribution is 2.33. The fraction of sp³-hybridized carbons (Fsp3) is 0.450. The number of imidazole rings is 1. The number of halogens is 1.